The summed E-state index contributed by atoms with van der Waals surface area (Å²) in [4.78, 5) is 13.0. The molecule has 0 N–H and O–H groups in total. The molecule has 0 aliphatic carbocycles. The summed E-state index contributed by atoms with van der Waals surface area (Å²) in [6.07, 6.45) is 0.776. The summed E-state index contributed by atoms with van der Waals surface area (Å²) in [5.74, 6) is -0.356. The smallest absolute Gasteiger partial charge is 0.237 e. The summed E-state index contributed by atoms with van der Waals surface area (Å²) in [6, 6.07) is 4.73. The fourth-order valence-electron chi connectivity index (χ4n) is 1.82. The Kier molecular flexibility index (Phi) is 2.91. The van der Waals surface area contributed by atoms with E-state index in [1.54, 1.807) is 11.0 Å². The van der Waals surface area contributed by atoms with Crippen LogP contribution in [-0.2, 0) is 17.8 Å². The van der Waals surface area contributed by atoms with Crippen LogP contribution in [0.4, 0.5) is 4.39 Å². The van der Waals surface area contributed by atoms with E-state index >= 15 is 0 Å². The standard InChI is InChI=1S/C11H11ClFNO/c12-6-11(15)14-4-3-8-1-2-10(13)5-9(8)7-14/h1-2,5H,3-4,6-7H2. The summed E-state index contributed by atoms with van der Waals surface area (Å²) in [6.45, 7) is 1.14. The van der Waals surface area contributed by atoms with Gasteiger partial charge in [-0.15, -0.1) is 11.6 Å². The second kappa shape index (κ2) is 4.19. The first-order valence-electron chi connectivity index (χ1n) is 4.82. The summed E-state index contributed by atoms with van der Waals surface area (Å²) >= 11 is 5.48. The number of nitrogens with zero attached hydrogens (tertiary/aromatic N) is 1. The summed E-state index contributed by atoms with van der Waals surface area (Å²) < 4.78 is 13.0. The van der Waals surface area contributed by atoms with Crippen LogP contribution in [0.3, 0.4) is 0 Å². The molecule has 80 valence electrons. The Morgan fingerprint density at radius 1 is 1.47 bits per heavy atom. The molecule has 1 amide bonds. The van der Waals surface area contributed by atoms with Crippen LogP contribution in [0.15, 0.2) is 18.2 Å². The molecule has 1 aliphatic heterocycles. The van der Waals surface area contributed by atoms with Gasteiger partial charge in [0.1, 0.15) is 11.7 Å². The van der Waals surface area contributed by atoms with Gasteiger partial charge < -0.3 is 4.90 Å². The summed E-state index contributed by atoms with van der Waals surface area (Å²) in [5.41, 5.74) is 2.01. The van der Waals surface area contributed by atoms with Gasteiger partial charge in [0.25, 0.3) is 0 Å². The quantitative estimate of drug-likeness (QED) is 0.672. The molecule has 4 heteroatoms. The minimum atomic E-state index is -0.256. The van der Waals surface area contributed by atoms with E-state index in [9.17, 15) is 9.18 Å². The second-order valence-corrected chi connectivity index (χ2v) is 3.88. The Hall–Kier alpha value is -1.09. The molecule has 1 aliphatic rings. The van der Waals surface area contributed by atoms with Crippen molar-refractivity contribution in [1.29, 1.82) is 0 Å². The summed E-state index contributed by atoms with van der Waals surface area (Å²) in [7, 11) is 0. The van der Waals surface area contributed by atoms with E-state index in [0.29, 0.717) is 13.1 Å². The molecular weight excluding hydrogens is 217 g/mol. The van der Waals surface area contributed by atoms with Crippen LogP contribution in [0.5, 0.6) is 0 Å². The Labute approximate surface area is 92.6 Å². The van der Waals surface area contributed by atoms with Gasteiger partial charge in [-0.2, -0.15) is 0 Å². The predicted octanol–water partition coefficient (Wildman–Crippen LogP) is 1.95. The molecular formula is C11H11ClFNO. The molecule has 2 rings (SSSR count). The third kappa shape index (κ3) is 2.12. The van der Waals surface area contributed by atoms with E-state index in [2.05, 4.69) is 0 Å². The third-order valence-corrected chi connectivity index (χ3v) is 2.88. The highest BCUT2D eigenvalue weighted by atomic mass is 35.5. The Morgan fingerprint density at radius 2 is 2.27 bits per heavy atom. The van der Waals surface area contributed by atoms with Crippen LogP contribution in [-0.4, -0.2) is 23.2 Å². The number of rotatable bonds is 1. The lowest BCUT2D eigenvalue weighted by Crippen LogP contribution is -2.36. The molecule has 0 unspecified atom stereocenters. The molecule has 0 spiro atoms. The number of benzene rings is 1. The van der Waals surface area contributed by atoms with Crippen molar-refractivity contribution in [2.45, 2.75) is 13.0 Å². The number of amides is 1. The van der Waals surface area contributed by atoms with Crippen LogP contribution < -0.4 is 0 Å². The highest BCUT2D eigenvalue weighted by Gasteiger charge is 2.19. The molecule has 0 aromatic heterocycles. The van der Waals surface area contributed by atoms with Crippen LogP contribution >= 0.6 is 11.6 Å². The molecule has 0 fully saturated rings. The van der Waals surface area contributed by atoms with Gasteiger partial charge in [-0.3, -0.25) is 4.79 Å². The van der Waals surface area contributed by atoms with Crippen molar-refractivity contribution in [3.8, 4) is 0 Å². The number of carbonyl (C=O) groups excluding carboxylic acids is 1. The van der Waals surface area contributed by atoms with E-state index in [-0.39, 0.29) is 17.6 Å². The first kappa shape index (κ1) is 10.4. The van der Waals surface area contributed by atoms with Crippen LogP contribution in [0.1, 0.15) is 11.1 Å². The van der Waals surface area contributed by atoms with Crippen molar-refractivity contribution in [3.63, 3.8) is 0 Å². The van der Waals surface area contributed by atoms with Gasteiger partial charge in [-0.05, 0) is 29.7 Å². The largest absolute Gasteiger partial charge is 0.337 e. The Balaban J connectivity index is 2.22. The van der Waals surface area contributed by atoms with Crippen molar-refractivity contribution in [2.75, 3.05) is 12.4 Å². The van der Waals surface area contributed by atoms with Crippen LogP contribution in [0.25, 0.3) is 0 Å². The van der Waals surface area contributed by atoms with Gasteiger partial charge in [0.2, 0.25) is 5.91 Å². The molecule has 2 nitrogen and oxygen atoms in total. The van der Waals surface area contributed by atoms with Gasteiger partial charge in [-0.1, -0.05) is 6.07 Å². The molecule has 0 saturated carbocycles. The zero-order chi connectivity index (χ0) is 10.8. The lowest BCUT2D eigenvalue weighted by atomic mass is 10.00. The van der Waals surface area contributed by atoms with Crippen molar-refractivity contribution >= 4 is 17.5 Å². The normalized spacial score (nSPS) is 14.9. The topological polar surface area (TPSA) is 20.3 Å². The SMILES string of the molecule is O=C(CCl)N1CCc2ccc(F)cc2C1. The Morgan fingerprint density at radius 3 is 3.00 bits per heavy atom. The number of hydrogen-bond donors (Lipinski definition) is 0. The lowest BCUT2D eigenvalue weighted by Gasteiger charge is -2.28. The number of carbonyl (C=O) groups is 1. The van der Waals surface area contributed by atoms with Gasteiger partial charge in [0, 0.05) is 13.1 Å². The van der Waals surface area contributed by atoms with Gasteiger partial charge in [0.15, 0.2) is 0 Å². The summed E-state index contributed by atoms with van der Waals surface area (Å²) in [5, 5.41) is 0. The van der Waals surface area contributed by atoms with Gasteiger partial charge >= 0.3 is 0 Å². The minimum Gasteiger partial charge on any atom is -0.337 e. The maximum Gasteiger partial charge on any atom is 0.237 e. The Bertz CT molecular complexity index is 394. The van der Waals surface area contributed by atoms with Crippen LogP contribution in [0, 0.1) is 5.82 Å². The average Bonchev–Trinajstić information content (AvgIpc) is 2.27. The molecule has 0 saturated heterocycles. The highest BCUT2D eigenvalue weighted by molar-refractivity contribution is 6.27. The van der Waals surface area contributed by atoms with Gasteiger partial charge in [0.05, 0.1) is 0 Å². The van der Waals surface area contributed by atoms with Crippen LogP contribution in [0.2, 0.25) is 0 Å². The maximum atomic E-state index is 13.0. The fourth-order valence-corrected chi connectivity index (χ4v) is 1.99. The van der Waals surface area contributed by atoms with E-state index in [1.165, 1.54) is 12.1 Å². The zero-order valence-electron chi connectivity index (χ0n) is 8.17. The first-order chi connectivity index (χ1) is 7.20. The second-order valence-electron chi connectivity index (χ2n) is 3.61. The average molecular weight is 228 g/mol. The van der Waals surface area contributed by atoms with Gasteiger partial charge in [-0.25, -0.2) is 4.39 Å². The van der Waals surface area contributed by atoms with E-state index in [0.717, 1.165) is 17.5 Å². The molecule has 0 bridgehead atoms. The molecule has 1 aromatic rings. The fraction of sp³-hybridized carbons (Fsp3) is 0.364. The minimum absolute atomic E-state index is 0.00928. The number of halogens is 2. The highest BCUT2D eigenvalue weighted by Crippen LogP contribution is 2.20. The zero-order valence-corrected chi connectivity index (χ0v) is 8.93. The van der Waals surface area contributed by atoms with E-state index < -0.39 is 0 Å². The molecule has 1 heterocycles. The third-order valence-electron chi connectivity index (χ3n) is 2.65. The van der Waals surface area contributed by atoms with Crippen molar-refractivity contribution in [1.82, 2.24) is 4.90 Å². The first-order valence-corrected chi connectivity index (χ1v) is 5.35. The molecule has 15 heavy (non-hydrogen) atoms. The predicted molar refractivity (Wildman–Crippen MR) is 56.2 cm³/mol. The van der Waals surface area contributed by atoms with Crippen molar-refractivity contribution < 1.29 is 9.18 Å². The number of fused-ring (bicyclic) bond motifs is 1. The van der Waals surface area contributed by atoms with Crippen molar-refractivity contribution in [3.05, 3.63) is 35.1 Å². The number of alkyl halides is 1. The molecule has 0 radical (unpaired) electrons. The van der Waals surface area contributed by atoms with E-state index in [4.69, 9.17) is 11.6 Å². The lowest BCUT2D eigenvalue weighted by molar-refractivity contribution is -0.129. The molecule has 1 aromatic carbocycles. The molecule has 0 atom stereocenters. The monoisotopic (exact) mass is 227 g/mol. The van der Waals surface area contributed by atoms with Crippen molar-refractivity contribution in [2.24, 2.45) is 0 Å². The maximum absolute atomic E-state index is 13.0. The number of hydrogen-bond acceptors (Lipinski definition) is 1. The van der Waals surface area contributed by atoms with E-state index in [1.807, 2.05) is 0 Å².